The van der Waals surface area contributed by atoms with E-state index in [1.54, 1.807) is 12.1 Å². The van der Waals surface area contributed by atoms with Crippen LogP contribution in [0.5, 0.6) is 5.75 Å². The SMILES string of the molecule is CCC[C@@H](C)COc1ccc(C(=CO)C(=O)N[C@@H](C)c2ccccc2)cc1. The van der Waals surface area contributed by atoms with Crippen LogP contribution in [0.1, 0.15) is 50.8 Å². The molecule has 2 atom stereocenters. The zero-order chi connectivity index (χ0) is 19.6. The van der Waals surface area contributed by atoms with Crippen molar-refractivity contribution >= 4 is 11.5 Å². The molecule has 0 radical (unpaired) electrons. The summed E-state index contributed by atoms with van der Waals surface area (Å²) in [6.07, 6.45) is 3.13. The predicted octanol–water partition coefficient (Wildman–Crippen LogP) is 5.28. The summed E-state index contributed by atoms with van der Waals surface area (Å²) in [5.41, 5.74) is 1.88. The molecule has 2 rings (SSSR count). The van der Waals surface area contributed by atoms with Crippen LogP contribution in [0.4, 0.5) is 0 Å². The molecule has 0 saturated heterocycles. The van der Waals surface area contributed by atoms with Crippen LogP contribution in [0.3, 0.4) is 0 Å². The van der Waals surface area contributed by atoms with Crippen LogP contribution in [-0.2, 0) is 4.79 Å². The molecule has 144 valence electrons. The van der Waals surface area contributed by atoms with Gasteiger partial charge in [0, 0.05) is 0 Å². The van der Waals surface area contributed by atoms with Crippen molar-refractivity contribution in [3.8, 4) is 5.75 Å². The lowest BCUT2D eigenvalue weighted by Crippen LogP contribution is -2.27. The molecule has 2 aromatic carbocycles. The van der Waals surface area contributed by atoms with E-state index in [2.05, 4.69) is 19.2 Å². The number of hydrogen-bond donors (Lipinski definition) is 2. The highest BCUT2D eigenvalue weighted by Crippen LogP contribution is 2.21. The Hall–Kier alpha value is -2.75. The van der Waals surface area contributed by atoms with Gasteiger partial charge >= 0.3 is 0 Å². The van der Waals surface area contributed by atoms with Crippen molar-refractivity contribution in [2.75, 3.05) is 6.61 Å². The zero-order valence-electron chi connectivity index (χ0n) is 16.3. The van der Waals surface area contributed by atoms with E-state index < -0.39 is 0 Å². The molecule has 0 bridgehead atoms. The number of aliphatic hydroxyl groups is 1. The first kappa shape index (κ1) is 20.6. The number of amides is 1. The molecule has 1 amide bonds. The Morgan fingerprint density at radius 3 is 2.37 bits per heavy atom. The number of nitrogens with one attached hydrogen (secondary N) is 1. The zero-order valence-corrected chi connectivity index (χ0v) is 16.3. The van der Waals surface area contributed by atoms with Gasteiger partial charge in [0.15, 0.2) is 0 Å². The van der Waals surface area contributed by atoms with Gasteiger partial charge in [-0.25, -0.2) is 0 Å². The molecule has 0 aromatic heterocycles. The first-order chi connectivity index (χ1) is 13.0. The molecule has 0 fully saturated rings. The van der Waals surface area contributed by atoms with E-state index in [4.69, 9.17) is 4.74 Å². The minimum absolute atomic E-state index is 0.156. The summed E-state index contributed by atoms with van der Waals surface area (Å²) < 4.78 is 5.79. The molecule has 0 aliphatic heterocycles. The van der Waals surface area contributed by atoms with Crippen LogP contribution in [0.25, 0.3) is 5.57 Å². The summed E-state index contributed by atoms with van der Waals surface area (Å²) >= 11 is 0. The summed E-state index contributed by atoms with van der Waals surface area (Å²) in [4.78, 5) is 12.6. The van der Waals surface area contributed by atoms with Crippen molar-refractivity contribution < 1.29 is 14.6 Å². The van der Waals surface area contributed by atoms with Crippen LogP contribution < -0.4 is 10.1 Å². The molecule has 0 saturated carbocycles. The molecular weight excluding hydrogens is 338 g/mol. The molecule has 0 aliphatic rings. The number of ether oxygens (including phenoxy) is 1. The molecule has 2 N–H and O–H groups in total. The molecular formula is C23H29NO3. The average Bonchev–Trinajstić information content (AvgIpc) is 2.69. The molecule has 0 aliphatic carbocycles. The fourth-order valence-corrected chi connectivity index (χ4v) is 2.91. The highest BCUT2D eigenvalue weighted by Gasteiger charge is 2.16. The highest BCUT2D eigenvalue weighted by molar-refractivity contribution is 6.19. The third-order valence-electron chi connectivity index (χ3n) is 4.50. The summed E-state index contributed by atoms with van der Waals surface area (Å²) in [7, 11) is 0. The van der Waals surface area contributed by atoms with E-state index in [0.29, 0.717) is 18.1 Å². The maximum atomic E-state index is 12.6. The molecule has 0 spiro atoms. The third kappa shape index (κ3) is 6.17. The molecule has 4 heteroatoms. The maximum Gasteiger partial charge on any atom is 0.255 e. The van der Waals surface area contributed by atoms with E-state index in [0.717, 1.165) is 30.4 Å². The summed E-state index contributed by atoms with van der Waals surface area (Å²) in [6, 6.07) is 16.8. The quantitative estimate of drug-likeness (QED) is 0.468. The van der Waals surface area contributed by atoms with E-state index in [-0.39, 0.29) is 17.5 Å². The summed E-state index contributed by atoms with van der Waals surface area (Å²) in [5.74, 6) is 0.948. The molecule has 4 nitrogen and oxygen atoms in total. The summed E-state index contributed by atoms with van der Waals surface area (Å²) in [6.45, 7) is 6.92. The van der Waals surface area contributed by atoms with Gasteiger partial charge in [0.05, 0.1) is 24.5 Å². The Labute approximate surface area is 161 Å². The Morgan fingerprint density at radius 1 is 1.11 bits per heavy atom. The second-order valence-corrected chi connectivity index (χ2v) is 6.88. The smallest absolute Gasteiger partial charge is 0.255 e. The van der Waals surface area contributed by atoms with Crippen LogP contribution >= 0.6 is 0 Å². The average molecular weight is 367 g/mol. The van der Waals surface area contributed by atoms with Gasteiger partial charge < -0.3 is 15.2 Å². The number of aliphatic hydroxyl groups excluding tert-OH is 1. The second kappa shape index (κ2) is 10.4. The van der Waals surface area contributed by atoms with E-state index in [1.165, 1.54) is 0 Å². The van der Waals surface area contributed by atoms with Crippen molar-refractivity contribution in [2.24, 2.45) is 5.92 Å². The van der Waals surface area contributed by atoms with Crippen LogP contribution in [-0.4, -0.2) is 17.6 Å². The Kier molecular flexibility index (Phi) is 7.93. The number of benzene rings is 2. The van der Waals surface area contributed by atoms with E-state index in [1.807, 2.05) is 49.4 Å². The van der Waals surface area contributed by atoms with E-state index >= 15 is 0 Å². The third-order valence-corrected chi connectivity index (χ3v) is 4.50. The van der Waals surface area contributed by atoms with Gasteiger partial charge in [0.1, 0.15) is 5.75 Å². The minimum atomic E-state index is -0.320. The largest absolute Gasteiger partial charge is 0.515 e. The van der Waals surface area contributed by atoms with Crippen molar-refractivity contribution in [3.63, 3.8) is 0 Å². The molecule has 0 unspecified atom stereocenters. The van der Waals surface area contributed by atoms with Crippen LogP contribution in [0, 0.1) is 5.92 Å². The van der Waals surface area contributed by atoms with Gasteiger partial charge in [-0.15, -0.1) is 0 Å². The van der Waals surface area contributed by atoms with Gasteiger partial charge in [0.2, 0.25) is 0 Å². The monoisotopic (exact) mass is 367 g/mol. The predicted molar refractivity (Wildman–Crippen MR) is 110 cm³/mol. The van der Waals surface area contributed by atoms with Crippen LogP contribution in [0.2, 0.25) is 0 Å². The number of carbonyl (C=O) groups is 1. The lowest BCUT2D eigenvalue weighted by Gasteiger charge is -2.16. The highest BCUT2D eigenvalue weighted by atomic mass is 16.5. The fraction of sp³-hybridized carbons (Fsp3) is 0.348. The molecule has 0 heterocycles. The van der Waals surface area contributed by atoms with Crippen molar-refractivity contribution in [1.82, 2.24) is 5.32 Å². The number of carbonyl (C=O) groups excluding carboxylic acids is 1. The van der Waals surface area contributed by atoms with Crippen molar-refractivity contribution in [3.05, 3.63) is 72.0 Å². The minimum Gasteiger partial charge on any atom is -0.515 e. The first-order valence-electron chi connectivity index (χ1n) is 9.48. The normalized spacial score (nSPS) is 13.7. The van der Waals surface area contributed by atoms with Gasteiger partial charge in [-0.2, -0.15) is 0 Å². The molecule has 27 heavy (non-hydrogen) atoms. The lowest BCUT2D eigenvalue weighted by atomic mass is 10.0. The van der Waals surface area contributed by atoms with Gasteiger partial charge in [-0.3, -0.25) is 4.79 Å². The van der Waals surface area contributed by atoms with Crippen LogP contribution in [0.15, 0.2) is 60.9 Å². The fourth-order valence-electron chi connectivity index (χ4n) is 2.91. The lowest BCUT2D eigenvalue weighted by molar-refractivity contribution is -0.116. The second-order valence-electron chi connectivity index (χ2n) is 6.88. The first-order valence-corrected chi connectivity index (χ1v) is 9.48. The molecule has 2 aromatic rings. The Bertz CT molecular complexity index is 738. The van der Waals surface area contributed by atoms with Gasteiger partial charge in [-0.05, 0) is 42.5 Å². The number of rotatable bonds is 9. The summed E-state index contributed by atoms with van der Waals surface area (Å²) in [5, 5.41) is 12.5. The number of hydrogen-bond acceptors (Lipinski definition) is 3. The van der Waals surface area contributed by atoms with Crippen molar-refractivity contribution in [1.29, 1.82) is 0 Å². The Balaban J connectivity index is 1.99. The topological polar surface area (TPSA) is 58.6 Å². The maximum absolute atomic E-state index is 12.6. The standard InChI is InChI=1S/C23H29NO3/c1-4-8-17(2)16-27-21-13-11-20(12-14-21)22(15-25)23(26)24-18(3)19-9-6-5-7-10-19/h5-7,9-15,17-18,25H,4,8,16H2,1-3H3,(H,24,26)/t17-,18+/m1/s1. The Morgan fingerprint density at radius 2 is 1.78 bits per heavy atom. The van der Waals surface area contributed by atoms with Gasteiger partial charge in [-0.1, -0.05) is 62.7 Å². The van der Waals surface area contributed by atoms with Gasteiger partial charge in [0.25, 0.3) is 5.91 Å². The van der Waals surface area contributed by atoms with Crippen molar-refractivity contribution in [2.45, 2.75) is 39.7 Å². The van der Waals surface area contributed by atoms with E-state index in [9.17, 15) is 9.90 Å².